The van der Waals surface area contributed by atoms with E-state index in [1.807, 2.05) is 6.92 Å². The molecule has 2 amide bonds. The molecule has 0 aromatic heterocycles. The first kappa shape index (κ1) is 17.3. The summed E-state index contributed by atoms with van der Waals surface area (Å²) in [7, 11) is 0. The molecule has 0 radical (unpaired) electrons. The molecule has 0 unspecified atom stereocenters. The second-order valence-corrected chi connectivity index (χ2v) is 5.76. The molecule has 0 spiro atoms. The lowest BCUT2D eigenvalue weighted by Gasteiger charge is -2.28. The monoisotopic (exact) mass is 324 g/mol. The zero-order valence-corrected chi connectivity index (χ0v) is 13.6. The third kappa shape index (κ3) is 4.24. The molecule has 7 heteroatoms. The van der Waals surface area contributed by atoms with Crippen LogP contribution in [0.3, 0.4) is 0 Å². The largest absolute Gasteiger partial charge is 0.463 e. The highest BCUT2D eigenvalue weighted by Crippen LogP contribution is 2.26. The SMILES string of the molecule is CCOC(=O)C1=C(COC(=O)C2CCCC2)NC(=O)N[C@H]1CC. The van der Waals surface area contributed by atoms with E-state index in [2.05, 4.69) is 10.6 Å². The lowest BCUT2D eigenvalue weighted by Crippen LogP contribution is -2.51. The molecule has 0 aromatic carbocycles. The minimum absolute atomic E-state index is 0.0685. The Kier molecular flexibility index (Phi) is 6.01. The smallest absolute Gasteiger partial charge is 0.338 e. The predicted octanol–water partition coefficient (Wildman–Crippen LogP) is 1.63. The standard InChI is InChI=1S/C16H24N2O5/c1-3-11-13(15(20)22-4-2)12(18-16(21)17-11)9-23-14(19)10-7-5-6-8-10/h10-11H,3-9H2,1-2H3,(H2,17,18,21)/t11-/m0/s1. The summed E-state index contributed by atoms with van der Waals surface area (Å²) in [6.07, 6.45) is 4.30. The van der Waals surface area contributed by atoms with Crippen LogP contribution in [0.15, 0.2) is 11.3 Å². The van der Waals surface area contributed by atoms with Crippen molar-refractivity contribution in [3.8, 4) is 0 Å². The summed E-state index contributed by atoms with van der Waals surface area (Å²) in [6.45, 7) is 3.70. The molecule has 128 valence electrons. The van der Waals surface area contributed by atoms with E-state index in [9.17, 15) is 14.4 Å². The van der Waals surface area contributed by atoms with Crippen LogP contribution in [-0.2, 0) is 19.1 Å². The average Bonchev–Trinajstić information content (AvgIpc) is 3.06. The highest BCUT2D eigenvalue weighted by Gasteiger charge is 2.32. The zero-order valence-electron chi connectivity index (χ0n) is 13.6. The van der Waals surface area contributed by atoms with Gasteiger partial charge >= 0.3 is 18.0 Å². The van der Waals surface area contributed by atoms with Gasteiger partial charge in [-0.3, -0.25) is 4.79 Å². The molecule has 1 fully saturated rings. The van der Waals surface area contributed by atoms with Crippen molar-refractivity contribution < 1.29 is 23.9 Å². The van der Waals surface area contributed by atoms with Crippen molar-refractivity contribution >= 4 is 18.0 Å². The Morgan fingerprint density at radius 3 is 2.48 bits per heavy atom. The van der Waals surface area contributed by atoms with Crippen molar-refractivity contribution in [2.24, 2.45) is 5.92 Å². The molecule has 7 nitrogen and oxygen atoms in total. The Labute approximate surface area is 135 Å². The van der Waals surface area contributed by atoms with Gasteiger partial charge in [0.05, 0.1) is 29.8 Å². The third-order valence-electron chi connectivity index (χ3n) is 4.19. The van der Waals surface area contributed by atoms with Crippen LogP contribution in [0, 0.1) is 5.92 Å². The van der Waals surface area contributed by atoms with Gasteiger partial charge in [-0.25, -0.2) is 9.59 Å². The van der Waals surface area contributed by atoms with Crippen LogP contribution in [0.25, 0.3) is 0 Å². The van der Waals surface area contributed by atoms with E-state index in [4.69, 9.17) is 9.47 Å². The molecule has 2 N–H and O–H groups in total. The van der Waals surface area contributed by atoms with Crippen LogP contribution >= 0.6 is 0 Å². The Hall–Kier alpha value is -2.05. The van der Waals surface area contributed by atoms with Crippen molar-refractivity contribution in [1.82, 2.24) is 10.6 Å². The summed E-state index contributed by atoms with van der Waals surface area (Å²) in [4.78, 5) is 35.9. The van der Waals surface area contributed by atoms with Crippen molar-refractivity contribution in [2.45, 2.75) is 52.0 Å². The minimum atomic E-state index is -0.501. The maximum atomic E-state index is 12.2. The normalized spacial score (nSPS) is 21.7. The number of carbonyl (C=O) groups excluding carboxylic acids is 3. The third-order valence-corrected chi connectivity index (χ3v) is 4.19. The van der Waals surface area contributed by atoms with Crippen molar-refractivity contribution in [3.63, 3.8) is 0 Å². The Morgan fingerprint density at radius 2 is 1.87 bits per heavy atom. The lowest BCUT2D eigenvalue weighted by molar-refractivity contribution is -0.147. The number of carbonyl (C=O) groups is 3. The molecule has 0 aromatic rings. The molecule has 1 aliphatic carbocycles. The topological polar surface area (TPSA) is 93.7 Å². The van der Waals surface area contributed by atoms with Gasteiger partial charge in [-0.1, -0.05) is 19.8 Å². The zero-order chi connectivity index (χ0) is 16.8. The first-order chi connectivity index (χ1) is 11.1. The molecule has 2 rings (SSSR count). The number of ether oxygens (including phenoxy) is 2. The summed E-state index contributed by atoms with van der Waals surface area (Å²) < 4.78 is 10.4. The number of rotatable bonds is 6. The van der Waals surface area contributed by atoms with Crippen LogP contribution < -0.4 is 10.6 Å². The van der Waals surface area contributed by atoms with Gasteiger partial charge in [0.15, 0.2) is 0 Å². The van der Waals surface area contributed by atoms with Crippen LogP contribution in [0.4, 0.5) is 4.79 Å². The van der Waals surface area contributed by atoms with Gasteiger partial charge in [0.2, 0.25) is 0 Å². The number of hydrogen-bond acceptors (Lipinski definition) is 5. The van der Waals surface area contributed by atoms with Crippen LogP contribution in [0.2, 0.25) is 0 Å². The van der Waals surface area contributed by atoms with E-state index in [0.717, 1.165) is 25.7 Å². The molecular weight excluding hydrogens is 300 g/mol. The van der Waals surface area contributed by atoms with E-state index < -0.39 is 18.0 Å². The fourth-order valence-corrected chi connectivity index (χ4v) is 3.00. The predicted molar refractivity (Wildman–Crippen MR) is 82.3 cm³/mol. The van der Waals surface area contributed by atoms with Gasteiger partial charge in [-0.15, -0.1) is 0 Å². The van der Waals surface area contributed by atoms with Gasteiger partial charge in [-0.2, -0.15) is 0 Å². The van der Waals surface area contributed by atoms with E-state index in [1.54, 1.807) is 6.92 Å². The summed E-state index contributed by atoms with van der Waals surface area (Å²) in [5.41, 5.74) is 0.638. The first-order valence-electron chi connectivity index (χ1n) is 8.21. The lowest BCUT2D eigenvalue weighted by atomic mass is 10.0. The first-order valence-corrected chi connectivity index (χ1v) is 8.21. The van der Waals surface area contributed by atoms with Gasteiger partial charge in [0.25, 0.3) is 0 Å². The number of nitrogens with one attached hydrogen (secondary N) is 2. The second kappa shape index (κ2) is 7.99. The summed E-state index contributed by atoms with van der Waals surface area (Å²) in [5, 5.41) is 5.25. The van der Waals surface area contributed by atoms with Crippen molar-refractivity contribution in [1.29, 1.82) is 0 Å². The molecule has 23 heavy (non-hydrogen) atoms. The van der Waals surface area contributed by atoms with E-state index in [-0.39, 0.29) is 25.1 Å². The molecule has 1 saturated carbocycles. The number of esters is 2. The van der Waals surface area contributed by atoms with Crippen LogP contribution in [0.1, 0.15) is 46.0 Å². The van der Waals surface area contributed by atoms with E-state index in [0.29, 0.717) is 17.7 Å². The quantitative estimate of drug-likeness (QED) is 0.724. The van der Waals surface area contributed by atoms with E-state index in [1.165, 1.54) is 0 Å². The maximum absolute atomic E-state index is 12.2. The summed E-state index contributed by atoms with van der Waals surface area (Å²) in [6, 6.07) is -0.847. The van der Waals surface area contributed by atoms with Crippen LogP contribution in [0.5, 0.6) is 0 Å². The van der Waals surface area contributed by atoms with Gasteiger partial charge < -0.3 is 20.1 Å². The molecule has 2 aliphatic rings. The Bertz CT molecular complexity index is 509. The average molecular weight is 324 g/mol. The fraction of sp³-hybridized carbons (Fsp3) is 0.688. The number of urea groups is 1. The molecule has 1 heterocycles. The maximum Gasteiger partial charge on any atom is 0.338 e. The molecule has 1 aliphatic heterocycles. The highest BCUT2D eigenvalue weighted by molar-refractivity contribution is 5.94. The number of amides is 2. The summed E-state index contributed by atoms with van der Waals surface area (Å²) in [5.74, 6) is -0.834. The fourth-order valence-electron chi connectivity index (χ4n) is 3.00. The highest BCUT2D eigenvalue weighted by atomic mass is 16.5. The van der Waals surface area contributed by atoms with Gasteiger partial charge in [0.1, 0.15) is 6.61 Å². The van der Waals surface area contributed by atoms with E-state index >= 15 is 0 Å². The number of hydrogen-bond donors (Lipinski definition) is 2. The molecule has 0 saturated heterocycles. The Balaban J connectivity index is 2.12. The minimum Gasteiger partial charge on any atom is -0.463 e. The second-order valence-electron chi connectivity index (χ2n) is 5.76. The Morgan fingerprint density at radius 1 is 1.17 bits per heavy atom. The van der Waals surface area contributed by atoms with Crippen molar-refractivity contribution in [3.05, 3.63) is 11.3 Å². The van der Waals surface area contributed by atoms with Crippen LogP contribution in [-0.4, -0.2) is 37.2 Å². The molecule has 1 atom stereocenters. The van der Waals surface area contributed by atoms with Gasteiger partial charge in [-0.05, 0) is 26.2 Å². The van der Waals surface area contributed by atoms with Crippen molar-refractivity contribution in [2.75, 3.05) is 13.2 Å². The summed E-state index contributed by atoms with van der Waals surface area (Å²) >= 11 is 0. The van der Waals surface area contributed by atoms with Gasteiger partial charge in [0, 0.05) is 0 Å². The molecular formula is C16H24N2O5. The molecule has 0 bridgehead atoms.